The summed E-state index contributed by atoms with van der Waals surface area (Å²) in [5.74, 6) is -0.244. The van der Waals surface area contributed by atoms with Crippen LogP contribution in [0.15, 0.2) is 53.4 Å². The number of fused-ring (bicyclic) bond motifs is 1. The normalized spacial score (nSPS) is 27.0. The minimum Gasteiger partial charge on any atom is -0.385 e. The number of sulfonamides is 1. The van der Waals surface area contributed by atoms with Gasteiger partial charge in [0.2, 0.25) is 15.9 Å². The fraction of sp³-hybridized carbons (Fsp3) is 0.409. The van der Waals surface area contributed by atoms with Gasteiger partial charge in [-0.2, -0.15) is 4.31 Å². The third kappa shape index (κ3) is 3.58. The van der Waals surface area contributed by atoms with Crippen LogP contribution in [0.4, 0.5) is 5.69 Å². The summed E-state index contributed by atoms with van der Waals surface area (Å²) in [6.07, 6.45) is 1.45. The van der Waals surface area contributed by atoms with Crippen molar-refractivity contribution in [1.29, 1.82) is 0 Å². The molecule has 0 unspecified atom stereocenters. The number of aliphatic hydroxyl groups is 1. The van der Waals surface area contributed by atoms with Crippen LogP contribution in [-0.2, 0) is 20.4 Å². The van der Waals surface area contributed by atoms with Crippen molar-refractivity contribution in [3.05, 3.63) is 59.7 Å². The van der Waals surface area contributed by atoms with Crippen LogP contribution in [0.5, 0.6) is 0 Å². The maximum absolute atomic E-state index is 13.2. The van der Waals surface area contributed by atoms with Gasteiger partial charge in [-0.1, -0.05) is 35.9 Å². The predicted molar refractivity (Wildman–Crippen MR) is 111 cm³/mol. The van der Waals surface area contributed by atoms with Crippen LogP contribution in [-0.4, -0.2) is 36.8 Å². The van der Waals surface area contributed by atoms with Gasteiger partial charge in [0, 0.05) is 31.6 Å². The largest absolute Gasteiger partial charge is 0.385 e. The minimum atomic E-state index is -3.71. The van der Waals surface area contributed by atoms with Crippen LogP contribution in [0.1, 0.15) is 30.9 Å². The number of benzene rings is 2. The molecule has 0 spiro atoms. The van der Waals surface area contributed by atoms with E-state index in [1.54, 1.807) is 18.2 Å². The van der Waals surface area contributed by atoms with E-state index in [0.717, 1.165) is 17.5 Å². The standard InChI is InChI=1S/C22H26N2O4S/c1-15-6-8-18(9-7-15)22(26)11-10-17-13-24(14-21(17)22)29(27,28)20-5-3-4-19(12-20)23-16(2)25/h3-9,12,17,21,26H,10-11,13-14H2,1-2H3,(H,23,25)/t17-,21+,22+/m1/s1. The molecule has 1 heterocycles. The number of amides is 1. The van der Waals surface area contributed by atoms with Crippen molar-refractivity contribution in [3.63, 3.8) is 0 Å². The van der Waals surface area contributed by atoms with Gasteiger partial charge >= 0.3 is 0 Å². The SMILES string of the molecule is CC(=O)Nc1cccc(S(=O)(=O)N2C[C@H]3CC[C@](O)(c4ccc(C)cc4)[C@H]3C2)c1. The van der Waals surface area contributed by atoms with Crippen LogP contribution in [0, 0.1) is 18.8 Å². The first-order valence-electron chi connectivity index (χ1n) is 9.87. The molecule has 7 heteroatoms. The van der Waals surface area contributed by atoms with Crippen LogP contribution < -0.4 is 5.32 Å². The fourth-order valence-electron chi connectivity index (χ4n) is 4.74. The van der Waals surface area contributed by atoms with Gasteiger partial charge in [0.25, 0.3) is 0 Å². The maximum Gasteiger partial charge on any atom is 0.243 e. The highest BCUT2D eigenvalue weighted by molar-refractivity contribution is 7.89. The average Bonchev–Trinajstić information content (AvgIpc) is 3.24. The molecule has 2 aromatic rings. The Balaban J connectivity index is 1.59. The van der Waals surface area contributed by atoms with Crippen LogP contribution >= 0.6 is 0 Å². The van der Waals surface area contributed by atoms with Crippen molar-refractivity contribution in [2.24, 2.45) is 11.8 Å². The first-order chi connectivity index (χ1) is 13.7. The highest BCUT2D eigenvalue weighted by Gasteiger charge is 2.54. The van der Waals surface area contributed by atoms with Gasteiger partial charge < -0.3 is 10.4 Å². The number of carbonyl (C=O) groups is 1. The molecule has 1 saturated carbocycles. The zero-order valence-corrected chi connectivity index (χ0v) is 17.4. The summed E-state index contributed by atoms with van der Waals surface area (Å²) in [6.45, 7) is 4.09. The van der Waals surface area contributed by atoms with Crippen LogP contribution in [0.3, 0.4) is 0 Å². The molecule has 0 bridgehead atoms. The molecule has 2 N–H and O–H groups in total. The minimum absolute atomic E-state index is 0.126. The third-order valence-electron chi connectivity index (χ3n) is 6.26. The average molecular weight is 415 g/mol. The van der Waals surface area contributed by atoms with E-state index < -0.39 is 15.6 Å². The molecule has 4 rings (SSSR count). The van der Waals surface area contributed by atoms with Gasteiger partial charge in [-0.15, -0.1) is 0 Å². The van der Waals surface area contributed by atoms with Crippen molar-refractivity contribution < 1.29 is 18.3 Å². The summed E-state index contributed by atoms with van der Waals surface area (Å²) in [4.78, 5) is 11.4. The second-order valence-corrected chi connectivity index (χ2v) is 10.2. The molecule has 2 fully saturated rings. The van der Waals surface area contributed by atoms with E-state index in [0.29, 0.717) is 25.2 Å². The van der Waals surface area contributed by atoms with E-state index >= 15 is 0 Å². The zero-order valence-electron chi connectivity index (χ0n) is 16.6. The smallest absolute Gasteiger partial charge is 0.243 e. The number of hydrogen-bond acceptors (Lipinski definition) is 4. The second-order valence-electron chi connectivity index (χ2n) is 8.23. The van der Waals surface area contributed by atoms with Gasteiger partial charge in [0.05, 0.1) is 10.5 Å². The highest BCUT2D eigenvalue weighted by Crippen LogP contribution is 2.51. The van der Waals surface area contributed by atoms with E-state index in [9.17, 15) is 18.3 Å². The summed E-state index contributed by atoms with van der Waals surface area (Å²) >= 11 is 0. The number of aryl methyl sites for hydroxylation is 1. The summed E-state index contributed by atoms with van der Waals surface area (Å²) in [5, 5.41) is 14.1. The number of anilines is 1. The van der Waals surface area contributed by atoms with E-state index in [1.807, 2.05) is 31.2 Å². The lowest BCUT2D eigenvalue weighted by molar-refractivity contribution is -0.114. The first kappa shape index (κ1) is 20.1. The molecule has 1 aliphatic heterocycles. The van der Waals surface area contributed by atoms with Gasteiger partial charge in [-0.05, 0) is 49.4 Å². The molecule has 3 atom stereocenters. The Bertz CT molecular complexity index is 1040. The van der Waals surface area contributed by atoms with E-state index in [2.05, 4.69) is 5.32 Å². The highest BCUT2D eigenvalue weighted by atomic mass is 32.2. The molecule has 0 aromatic heterocycles. The van der Waals surface area contributed by atoms with E-state index in [-0.39, 0.29) is 22.6 Å². The topological polar surface area (TPSA) is 86.7 Å². The Hall–Kier alpha value is -2.22. The number of rotatable bonds is 4. The van der Waals surface area contributed by atoms with Gasteiger partial charge in [0.1, 0.15) is 0 Å². The predicted octanol–water partition coefficient (Wildman–Crippen LogP) is 2.87. The molecular weight excluding hydrogens is 388 g/mol. The van der Waals surface area contributed by atoms with E-state index in [1.165, 1.54) is 17.3 Å². The van der Waals surface area contributed by atoms with Crippen LogP contribution in [0.25, 0.3) is 0 Å². The quantitative estimate of drug-likeness (QED) is 0.805. The summed E-state index contributed by atoms with van der Waals surface area (Å²) < 4.78 is 27.9. The summed E-state index contributed by atoms with van der Waals surface area (Å²) in [6, 6.07) is 14.2. The van der Waals surface area contributed by atoms with Gasteiger partial charge in [-0.25, -0.2) is 8.42 Å². The lowest BCUT2D eigenvalue weighted by Gasteiger charge is -2.31. The molecule has 154 valence electrons. The van der Waals surface area contributed by atoms with Crippen LogP contribution in [0.2, 0.25) is 0 Å². The second kappa shape index (κ2) is 7.23. The number of nitrogens with one attached hydrogen (secondary N) is 1. The molecular formula is C22H26N2O4S. The lowest BCUT2D eigenvalue weighted by Crippen LogP contribution is -2.36. The maximum atomic E-state index is 13.2. The van der Waals surface area contributed by atoms with Crippen molar-refractivity contribution in [2.45, 2.75) is 37.2 Å². The molecule has 1 amide bonds. The van der Waals surface area contributed by atoms with Crippen molar-refractivity contribution in [2.75, 3.05) is 18.4 Å². The Morgan fingerprint density at radius 2 is 1.90 bits per heavy atom. The number of carbonyl (C=O) groups excluding carboxylic acids is 1. The summed E-state index contributed by atoms with van der Waals surface area (Å²) in [7, 11) is -3.71. The number of nitrogens with zero attached hydrogens (tertiary/aromatic N) is 1. The van der Waals surface area contributed by atoms with Gasteiger partial charge in [-0.3, -0.25) is 4.79 Å². The molecule has 1 saturated heterocycles. The molecule has 2 aromatic carbocycles. The first-order valence-corrected chi connectivity index (χ1v) is 11.3. The fourth-order valence-corrected chi connectivity index (χ4v) is 6.31. The third-order valence-corrected chi connectivity index (χ3v) is 8.09. The van der Waals surface area contributed by atoms with E-state index in [4.69, 9.17) is 0 Å². The Morgan fingerprint density at radius 3 is 2.59 bits per heavy atom. The van der Waals surface area contributed by atoms with Crippen molar-refractivity contribution >= 4 is 21.6 Å². The Labute approximate surface area is 171 Å². The van der Waals surface area contributed by atoms with Gasteiger partial charge in [0.15, 0.2) is 0 Å². The van der Waals surface area contributed by atoms with Crippen molar-refractivity contribution in [3.8, 4) is 0 Å². The Kier molecular flexibility index (Phi) is 5.01. The molecule has 29 heavy (non-hydrogen) atoms. The monoisotopic (exact) mass is 414 g/mol. The summed E-state index contributed by atoms with van der Waals surface area (Å²) in [5.41, 5.74) is 1.44. The molecule has 2 aliphatic rings. The molecule has 6 nitrogen and oxygen atoms in total. The lowest BCUT2D eigenvalue weighted by atomic mass is 9.82. The molecule has 1 aliphatic carbocycles. The van der Waals surface area contributed by atoms with Crippen molar-refractivity contribution in [1.82, 2.24) is 4.31 Å². The Morgan fingerprint density at radius 1 is 1.17 bits per heavy atom. The molecule has 0 radical (unpaired) electrons. The zero-order chi connectivity index (χ0) is 20.8. The number of hydrogen-bond donors (Lipinski definition) is 2.